The molecule has 0 heterocycles. The summed E-state index contributed by atoms with van der Waals surface area (Å²) in [6.45, 7) is 4.26. The second-order valence-electron chi connectivity index (χ2n) is 3.45. The molecule has 10 heavy (non-hydrogen) atoms. The number of halogens is 1. The van der Waals surface area contributed by atoms with Crippen molar-refractivity contribution in [1.29, 1.82) is 0 Å². The summed E-state index contributed by atoms with van der Waals surface area (Å²) in [6.07, 6.45) is 1.08. The molecule has 2 nitrogen and oxygen atoms in total. The van der Waals surface area contributed by atoms with Crippen molar-refractivity contribution in [3.63, 3.8) is 0 Å². The van der Waals surface area contributed by atoms with Crippen LogP contribution in [-0.4, -0.2) is 17.8 Å². The van der Waals surface area contributed by atoms with Crippen molar-refractivity contribution in [3.05, 3.63) is 0 Å². The molecule has 1 N–H and O–H groups in total. The number of hydrogen-bond donors (Lipinski definition) is 1. The smallest absolute Gasteiger partial charge is 0.235 e. The fraction of sp³-hybridized carbons (Fsp3) is 0.857. The predicted molar refractivity (Wildman–Crippen MR) is 41.0 cm³/mol. The molecule has 58 valence electrons. The average molecular weight is 162 g/mol. The van der Waals surface area contributed by atoms with E-state index in [0.717, 1.165) is 6.42 Å². The van der Waals surface area contributed by atoms with Gasteiger partial charge in [0, 0.05) is 6.04 Å². The molecule has 0 spiro atoms. The van der Waals surface area contributed by atoms with Crippen molar-refractivity contribution in [1.82, 2.24) is 5.32 Å². The Balaban J connectivity index is 2.24. The second-order valence-corrected chi connectivity index (χ2v) is 3.71. The van der Waals surface area contributed by atoms with Gasteiger partial charge in [0.15, 0.2) is 0 Å². The summed E-state index contributed by atoms with van der Waals surface area (Å²) in [5, 5.41) is 2.82. The van der Waals surface area contributed by atoms with Crippen molar-refractivity contribution in [2.24, 2.45) is 5.41 Å². The van der Waals surface area contributed by atoms with Crippen molar-refractivity contribution in [2.75, 3.05) is 5.88 Å². The molecule has 1 rings (SSSR count). The highest BCUT2D eigenvalue weighted by molar-refractivity contribution is 6.27. The maximum absolute atomic E-state index is 10.7. The fourth-order valence-electron chi connectivity index (χ4n) is 0.946. The fourth-order valence-corrected chi connectivity index (χ4v) is 1.02. The van der Waals surface area contributed by atoms with Gasteiger partial charge in [-0.25, -0.2) is 0 Å². The number of nitrogens with one attached hydrogen (secondary N) is 1. The quantitative estimate of drug-likeness (QED) is 0.605. The van der Waals surface area contributed by atoms with E-state index in [0.29, 0.717) is 11.5 Å². The normalized spacial score (nSPS) is 27.7. The third-order valence-electron chi connectivity index (χ3n) is 1.97. The summed E-state index contributed by atoms with van der Waals surface area (Å²) < 4.78 is 0. The van der Waals surface area contributed by atoms with Gasteiger partial charge in [-0.2, -0.15) is 0 Å². The maximum atomic E-state index is 10.7. The van der Waals surface area contributed by atoms with E-state index in [1.54, 1.807) is 0 Å². The maximum Gasteiger partial charge on any atom is 0.235 e. The molecule has 0 saturated heterocycles. The largest absolute Gasteiger partial charge is 0.352 e. The van der Waals surface area contributed by atoms with Crippen LogP contribution in [0.2, 0.25) is 0 Å². The SMILES string of the molecule is CC1(C)CC1NC(=O)CCl. The number of rotatable bonds is 2. The van der Waals surface area contributed by atoms with Crippen LogP contribution in [0.5, 0.6) is 0 Å². The Hall–Kier alpha value is -0.240. The molecular weight excluding hydrogens is 150 g/mol. The van der Waals surface area contributed by atoms with Crippen LogP contribution in [0, 0.1) is 5.41 Å². The van der Waals surface area contributed by atoms with Gasteiger partial charge in [-0.15, -0.1) is 11.6 Å². The Morgan fingerprint density at radius 1 is 1.80 bits per heavy atom. The zero-order valence-electron chi connectivity index (χ0n) is 6.28. The lowest BCUT2D eigenvalue weighted by Gasteiger charge is -2.03. The third kappa shape index (κ3) is 1.63. The van der Waals surface area contributed by atoms with Crippen LogP contribution < -0.4 is 5.32 Å². The van der Waals surface area contributed by atoms with Gasteiger partial charge in [0.05, 0.1) is 0 Å². The summed E-state index contributed by atoms with van der Waals surface area (Å²) >= 11 is 5.30. The van der Waals surface area contributed by atoms with Gasteiger partial charge in [-0.05, 0) is 11.8 Å². The van der Waals surface area contributed by atoms with E-state index in [9.17, 15) is 4.79 Å². The number of hydrogen-bond acceptors (Lipinski definition) is 1. The van der Waals surface area contributed by atoms with Crippen LogP contribution in [0.15, 0.2) is 0 Å². The summed E-state index contributed by atoms with van der Waals surface area (Å²) in [5.74, 6) is 0.0179. The van der Waals surface area contributed by atoms with Gasteiger partial charge >= 0.3 is 0 Å². The van der Waals surface area contributed by atoms with Crippen LogP contribution in [-0.2, 0) is 4.79 Å². The minimum atomic E-state index is -0.0581. The number of amides is 1. The molecule has 1 amide bonds. The lowest BCUT2D eigenvalue weighted by atomic mass is 10.2. The highest BCUT2D eigenvalue weighted by atomic mass is 35.5. The van der Waals surface area contributed by atoms with Gasteiger partial charge in [-0.1, -0.05) is 13.8 Å². The van der Waals surface area contributed by atoms with Crippen LogP contribution >= 0.6 is 11.6 Å². The van der Waals surface area contributed by atoms with E-state index in [4.69, 9.17) is 11.6 Å². The molecule has 0 bridgehead atoms. The highest BCUT2D eigenvalue weighted by Crippen LogP contribution is 2.44. The minimum Gasteiger partial charge on any atom is -0.352 e. The Morgan fingerprint density at radius 3 is 2.60 bits per heavy atom. The number of alkyl halides is 1. The lowest BCUT2D eigenvalue weighted by molar-refractivity contribution is -0.118. The van der Waals surface area contributed by atoms with Crippen molar-refractivity contribution >= 4 is 17.5 Å². The lowest BCUT2D eigenvalue weighted by Crippen LogP contribution is -2.29. The van der Waals surface area contributed by atoms with Gasteiger partial charge in [-0.3, -0.25) is 4.79 Å². The first-order valence-corrected chi connectivity index (χ1v) is 3.95. The molecule has 1 unspecified atom stereocenters. The summed E-state index contributed by atoms with van der Waals surface area (Å²) in [4.78, 5) is 10.7. The van der Waals surface area contributed by atoms with Gasteiger partial charge in [0.1, 0.15) is 5.88 Å². The summed E-state index contributed by atoms with van der Waals surface area (Å²) in [5.41, 5.74) is 0.307. The molecular formula is C7H12ClNO. The van der Waals surface area contributed by atoms with Crippen LogP contribution in [0.4, 0.5) is 0 Å². The zero-order valence-corrected chi connectivity index (χ0v) is 7.03. The van der Waals surface area contributed by atoms with Crippen LogP contribution in [0.1, 0.15) is 20.3 Å². The average Bonchev–Trinajstić information content (AvgIpc) is 2.40. The van der Waals surface area contributed by atoms with E-state index >= 15 is 0 Å². The number of carbonyl (C=O) groups is 1. The van der Waals surface area contributed by atoms with Crippen LogP contribution in [0.3, 0.4) is 0 Å². The zero-order chi connectivity index (χ0) is 7.78. The van der Waals surface area contributed by atoms with Gasteiger partial charge in [0.2, 0.25) is 5.91 Å². The topological polar surface area (TPSA) is 29.1 Å². The highest BCUT2D eigenvalue weighted by Gasteiger charge is 2.46. The van der Waals surface area contributed by atoms with E-state index in [1.165, 1.54) is 0 Å². The Bertz CT molecular complexity index is 156. The molecule has 0 radical (unpaired) electrons. The van der Waals surface area contributed by atoms with Gasteiger partial charge < -0.3 is 5.32 Å². The first-order valence-electron chi connectivity index (χ1n) is 3.41. The summed E-state index contributed by atoms with van der Waals surface area (Å²) in [7, 11) is 0. The molecule has 1 fully saturated rings. The molecule has 1 aliphatic carbocycles. The molecule has 3 heteroatoms. The van der Waals surface area contributed by atoms with Crippen molar-refractivity contribution < 1.29 is 4.79 Å². The first kappa shape index (κ1) is 7.86. The van der Waals surface area contributed by atoms with E-state index in [1.807, 2.05) is 0 Å². The Morgan fingerprint density at radius 2 is 2.30 bits per heavy atom. The van der Waals surface area contributed by atoms with Gasteiger partial charge in [0.25, 0.3) is 0 Å². The van der Waals surface area contributed by atoms with Crippen LogP contribution in [0.25, 0.3) is 0 Å². The molecule has 0 aromatic carbocycles. The molecule has 1 atom stereocenters. The molecule has 0 aromatic rings. The molecule has 0 aliphatic heterocycles. The van der Waals surface area contributed by atoms with E-state index < -0.39 is 0 Å². The summed E-state index contributed by atoms with van der Waals surface area (Å²) in [6, 6.07) is 0.360. The molecule has 1 saturated carbocycles. The van der Waals surface area contributed by atoms with E-state index in [2.05, 4.69) is 19.2 Å². The molecule has 0 aromatic heterocycles. The third-order valence-corrected chi connectivity index (χ3v) is 2.21. The van der Waals surface area contributed by atoms with Crippen molar-refractivity contribution in [3.8, 4) is 0 Å². The Kier molecular flexibility index (Phi) is 1.90. The Labute approximate surface area is 65.9 Å². The first-order chi connectivity index (χ1) is 4.56. The molecule has 1 aliphatic rings. The monoisotopic (exact) mass is 161 g/mol. The minimum absolute atomic E-state index is 0.0581. The number of carbonyl (C=O) groups excluding carboxylic acids is 1. The van der Waals surface area contributed by atoms with Crippen molar-refractivity contribution in [2.45, 2.75) is 26.3 Å². The predicted octanol–water partition coefficient (Wildman–Crippen LogP) is 1.14. The second kappa shape index (κ2) is 2.42. The van der Waals surface area contributed by atoms with E-state index in [-0.39, 0.29) is 11.8 Å². The standard InChI is InChI=1S/C7H12ClNO/c1-7(2)3-5(7)9-6(10)4-8/h5H,3-4H2,1-2H3,(H,9,10).